The molecule has 1 atom stereocenters. The Labute approximate surface area is 181 Å². The first-order chi connectivity index (χ1) is 14.2. The molecule has 30 heavy (non-hydrogen) atoms. The third-order valence-electron chi connectivity index (χ3n) is 5.46. The maximum Gasteiger partial charge on any atom is 0.253 e. The number of sulfonamides is 1. The molecule has 7 nitrogen and oxygen atoms in total. The van der Waals surface area contributed by atoms with Gasteiger partial charge in [-0.25, -0.2) is 8.42 Å². The monoisotopic (exact) mass is 439 g/mol. The summed E-state index contributed by atoms with van der Waals surface area (Å²) in [5.41, 5.74) is 1.16. The van der Waals surface area contributed by atoms with Crippen molar-refractivity contribution >= 4 is 21.6 Å². The van der Waals surface area contributed by atoms with Crippen LogP contribution in [0.3, 0.4) is 0 Å². The van der Waals surface area contributed by atoms with Crippen molar-refractivity contribution in [2.75, 3.05) is 44.3 Å². The molecule has 0 spiro atoms. The Balaban J connectivity index is 2.38. The number of hydrogen-bond donors (Lipinski definition) is 1. The van der Waals surface area contributed by atoms with Gasteiger partial charge in [0, 0.05) is 37.9 Å². The number of rotatable bonds is 10. The number of ether oxygens (including phenoxy) is 1. The molecule has 1 aromatic rings. The summed E-state index contributed by atoms with van der Waals surface area (Å²) in [6, 6.07) is 4.91. The van der Waals surface area contributed by atoms with Gasteiger partial charge in [0.25, 0.3) is 5.91 Å². The summed E-state index contributed by atoms with van der Waals surface area (Å²) in [5, 5.41) is 3.06. The molecule has 2 rings (SSSR count). The minimum atomic E-state index is -3.64. The molecule has 170 valence electrons. The fourth-order valence-corrected chi connectivity index (χ4v) is 5.09. The quantitative estimate of drug-likeness (QED) is 0.606. The van der Waals surface area contributed by atoms with E-state index in [-0.39, 0.29) is 16.8 Å². The fraction of sp³-hybridized carbons (Fsp3) is 0.682. The Hall–Kier alpha value is -1.64. The van der Waals surface area contributed by atoms with Crippen LogP contribution in [0.15, 0.2) is 23.1 Å². The summed E-state index contributed by atoms with van der Waals surface area (Å²) < 4.78 is 32.9. The summed E-state index contributed by atoms with van der Waals surface area (Å²) in [7, 11) is -3.64. The van der Waals surface area contributed by atoms with Crippen molar-refractivity contribution < 1.29 is 17.9 Å². The molecule has 1 saturated heterocycles. The van der Waals surface area contributed by atoms with Gasteiger partial charge in [-0.15, -0.1) is 0 Å². The molecule has 0 aromatic heterocycles. The zero-order valence-corrected chi connectivity index (χ0v) is 19.8. The average Bonchev–Trinajstić information content (AvgIpc) is 2.73. The molecule has 1 aliphatic heterocycles. The number of benzene rings is 1. The second-order valence-corrected chi connectivity index (χ2v) is 10.2. The molecule has 0 radical (unpaired) electrons. The third kappa shape index (κ3) is 6.18. The lowest BCUT2D eigenvalue weighted by atomic mass is 10.0. The highest BCUT2D eigenvalue weighted by Crippen LogP contribution is 2.27. The Bertz CT molecular complexity index is 801. The molecule has 1 fully saturated rings. The second-order valence-electron chi connectivity index (χ2n) is 8.21. The minimum absolute atomic E-state index is 0.0143. The van der Waals surface area contributed by atoms with Gasteiger partial charge in [0.2, 0.25) is 10.0 Å². The van der Waals surface area contributed by atoms with Crippen LogP contribution in [-0.4, -0.2) is 64.1 Å². The van der Waals surface area contributed by atoms with Crippen LogP contribution in [0.1, 0.15) is 57.8 Å². The molecule has 1 aliphatic rings. The van der Waals surface area contributed by atoms with Gasteiger partial charge in [-0.2, -0.15) is 4.31 Å². The molecule has 1 aromatic carbocycles. The van der Waals surface area contributed by atoms with Crippen LogP contribution in [0, 0.1) is 5.92 Å². The molecular weight excluding hydrogens is 402 g/mol. The summed E-state index contributed by atoms with van der Waals surface area (Å²) in [5.74, 6) is 0.333. The number of anilines is 1. The van der Waals surface area contributed by atoms with E-state index in [9.17, 15) is 13.2 Å². The van der Waals surface area contributed by atoms with Crippen LogP contribution in [0.25, 0.3) is 0 Å². The van der Waals surface area contributed by atoms with Crippen molar-refractivity contribution in [1.29, 1.82) is 0 Å². The van der Waals surface area contributed by atoms with E-state index in [1.807, 2.05) is 20.8 Å². The van der Waals surface area contributed by atoms with E-state index in [1.54, 1.807) is 12.1 Å². The molecule has 1 heterocycles. The number of nitrogens with one attached hydrogen (secondary N) is 1. The van der Waals surface area contributed by atoms with Gasteiger partial charge in [0.05, 0.1) is 23.7 Å². The van der Waals surface area contributed by atoms with Crippen molar-refractivity contribution in [2.45, 2.75) is 58.4 Å². The van der Waals surface area contributed by atoms with Crippen molar-refractivity contribution in [3.63, 3.8) is 0 Å². The van der Waals surface area contributed by atoms with E-state index in [0.717, 1.165) is 18.5 Å². The molecule has 0 saturated carbocycles. The standard InChI is InChI=1S/C22H37N3O4S/c1-6-25(7-2)30(27,28)19-10-11-21(24-12-14-29-15-13-24)20(16-19)22(26)23-18(5)9-8-17(3)4/h10-11,16-18H,6-9,12-15H2,1-5H3,(H,23,26). The number of nitrogens with zero attached hydrogens (tertiary/aromatic N) is 2. The number of carbonyl (C=O) groups is 1. The first-order valence-corrected chi connectivity index (χ1v) is 12.4. The maximum atomic E-state index is 13.2. The summed E-state index contributed by atoms with van der Waals surface area (Å²) >= 11 is 0. The van der Waals surface area contributed by atoms with E-state index in [4.69, 9.17) is 4.74 Å². The van der Waals surface area contributed by atoms with Crippen molar-refractivity contribution in [1.82, 2.24) is 9.62 Å². The van der Waals surface area contributed by atoms with Crippen molar-refractivity contribution in [2.24, 2.45) is 5.92 Å². The van der Waals surface area contributed by atoms with Crippen LogP contribution >= 0.6 is 0 Å². The lowest BCUT2D eigenvalue weighted by Gasteiger charge is -2.31. The third-order valence-corrected chi connectivity index (χ3v) is 7.51. The largest absolute Gasteiger partial charge is 0.378 e. The SMILES string of the molecule is CCN(CC)S(=O)(=O)c1ccc(N2CCOCC2)c(C(=O)NC(C)CCC(C)C)c1. The maximum absolute atomic E-state index is 13.2. The molecule has 1 unspecified atom stereocenters. The Morgan fingerprint density at radius 3 is 2.33 bits per heavy atom. The number of carbonyl (C=O) groups excluding carboxylic acids is 1. The molecule has 1 amide bonds. The van der Waals surface area contributed by atoms with Crippen molar-refractivity contribution in [3.05, 3.63) is 23.8 Å². The van der Waals surface area contributed by atoms with Gasteiger partial charge in [-0.3, -0.25) is 4.79 Å². The molecule has 0 aliphatic carbocycles. The molecule has 1 N–H and O–H groups in total. The summed E-state index contributed by atoms with van der Waals surface area (Å²) in [6.07, 6.45) is 1.90. The summed E-state index contributed by atoms with van der Waals surface area (Å²) in [4.78, 5) is 15.4. The Morgan fingerprint density at radius 2 is 1.77 bits per heavy atom. The lowest BCUT2D eigenvalue weighted by molar-refractivity contribution is 0.0935. The van der Waals surface area contributed by atoms with E-state index in [0.29, 0.717) is 50.9 Å². The topological polar surface area (TPSA) is 79.0 Å². The van der Waals surface area contributed by atoms with Crippen LogP contribution in [-0.2, 0) is 14.8 Å². The molecule has 0 bridgehead atoms. The Kier molecular flexibility index (Phi) is 9.12. The van der Waals surface area contributed by atoms with Crippen LogP contribution in [0.4, 0.5) is 5.69 Å². The van der Waals surface area contributed by atoms with Gasteiger partial charge in [-0.1, -0.05) is 27.7 Å². The van der Waals surface area contributed by atoms with E-state index >= 15 is 0 Å². The fourth-order valence-electron chi connectivity index (χ4n) is 3.61. The molecular formula is C22H37N3O4S. The highest BCUT2D eigenvalue weighted by atomic mass is 32.2. The summed E-state index contributed by atoms with van der Waals surface area (Å²) in [6.45, 7) is 13.2. The van der Waals surface area contributed by atoms with Gasteiger partial charge >= 0.3 is 0 Å². The zero-order chi connectivity index (χ0) is 22.3. The van der Waals surface area contributed by atoms with E-state index in [1.165, 1.54) is 10.4 Å². The van der Waals surface area contributed by atoms with Gasteiger partial charge in [-0.05, 0) is 43.9 Å². The Morgan fingerprint density at radius 1 is 1.13 bits per heavy atom. The number of hydrogen-bond acceptors (Lipinski definition) is 5. The van der Waals surface area contributed by atoms with Crippen LogP contribution in [0.5, 0.6) is 0 Å². The van der Waals surface area contributed by atoms with Crippen LogP contribution in [0.2, 0.25) is 0 Å². The second kappa shape index (κ2) is 11.1. The predicted molar refractivity (Wildman–Crippen MR) is 121 cm³/mol. The number of morpholine rings is 1. The first-order valence-electron chi connectivity index (χ1n) is 11.0. The zero-order valence-electron chi connectivity index (χ0n) is 19.0. The minimum Gasteiger partial charge on any atom is -0.378 e. The van der Waals surface area contributed by atoms with E-state index < -0.39 is 10.0 Å². The van der Waals surface area contributed by atoms with Gasteiger partial charge < -0.3 is 15.0 Å². The molecule has 8 heteroatoms. The van der Waals surface area contributed by atoms with Crippen LogP contribution < -0.4 is 10.2 Å². The van der Waals surface area contributed by atoms with E-state index in [2.05, 4.69) is 24.1 Å². The first kappa shape index (κ1) is 24.6. The normalized spacial score (nSPS) is 16.2. The highest BCUT2D eigenvalue weighted by molar-refractivity contribution is 7.89. The highest BCUT2D eigenvalue weighted by Gasteiger charge is 2.26. The number of amides is 1. The van der Waals surface area contributed by atoms with Gasteiger partial charge in [0.15, 0.2) is 0 Å². The average molecular weight is 440 g/mol. The lowest BCUT2D eigenvalue weighted by Crippen LogP contribution is -2.39. The predicted octanol–water partition coefficient (Wildman–Crippen LogP) is 3.11. The smallest absolute Gasteiger partial charge is 0.253 e. The van der Waals surface area contributed by atoms with Crippen molar-refractivity contribution in [3.8, 4) is 0 Å². The van der Waals surface area contributed by atoms with Gasteiger partial charge in [0.1, 0.15) is 0 Å².